The van der Waals surface area contributed by atoms with Crippen molar-refractivity contribution >= 4 is 5.91 Å². The van der Waals surface area contributed by atoms with E-state index in [0.29, 0.717) is 5.92 Å². The van der Waals surface area contributed by atoms with Gasteiger partial charge in [-0.25, -0.2) is 0 Å². The number of aryl methyl sites for hydroxylation is 2. The molecule has 0 unspecified atom stereocenters. The summed E-state index contributed by atoms with van der Waals surface area (Å²) in [6.07, 6.45) is 0. The SMILES string of the molecule is Cc1ccc([C@@H](C)NC(=O)COc2ccccc2C(C)C)c(C)c1. The fourth-order valence-corrected chi connectivity index (χ4v) is 2.90. The minimum Gasteiger partial charge on any atom is -0.483 e. The normalized spacial score (nSPS) is 12.1. The van der Waals surface area contributed by atoms with Gasteiger partial charge in [-0.2, -0.15) is 0 Å². The summed E-state index contributed by atoms with van der Waals surface area (Å²) in [5.41, 5.74) is 4.67. The molecule has 0 spiro atoms. The molecular weight excluding hydrogens is 298 g/mol. The van der Waals surface area contributed by atoms with Crippen LogP contribution < -0.4 is 10.1 Å². The molecule has 24 heavy (non-hydrogen) atoms. The van der Waals surface area contributed by atoms with Gasteiger partial charge in [0.25, 0.3) is 5.91 Å². The predicted octanol–water partition coefficient (Wildman–Crippen LogP) is 4.68. The summed E-state index contributed by atoms with van der Waals surface area (Å²) in [6, 6.07) is 14.1. The third-order valence-corrected chi connectivity index (χ3v) is 4.17. The first kappa shape index (κ1) is 18.1. The maximum absolute atomic E-state index is 12.2. The zero-order valence-electron chi connectivity index (χ0n) is 15.2. The highest BCUT2D eigenvalue weighted by Crippen LogP contribution is 2.25. The van der Waals surface area contributed by atoms with Crippen LogP contribution in [0.1, 0.15) is 55.0 Å². The lowest BCUT2D eigenvalue weighted by Gasteiger charge is -2.18. The Morgan fingerprint density at radius 2 is 1.75 bits per heavy atom. The standard InChI is InChI=1S/C21H27NO2/c1-14(2)18-8-6-7-9-20(18)24-13-21(23)22-17(5)19-11-10-15(3)12-16(19)4/h6-12,14,17H,13H2,1-5H3,(H,22,23)/t17-/m1/s1. The minimum absolute atomic E-state index is 0.0268. The van der Waals surface area contributed by atoms with Crippen LogP contribution in [0.3, 0.4) is 0 Å². The topological polar surface area (TPSA) is 38.3 Å². The van der Waals surface area contributed by atoms with Gasteiger partial charge in [0.1, 0.15) is 5.75 Å². The van der Waals surface area contributed by atoms with Crippen molar-refractivity contribution < 1.29 is 9.53 Å². The molecule has 0 heterocycles. The molecule has 3 nitrogen and oxygen atoms in total. The third-order valence-electron chi connectivity index (χ3n) is 4.17. The highest BCUT2D eigenvalue weighted by atomic mass is 16.5. The Labute approximate surface area is 145 Å². The Balaban J connectivity index is 1.96. The van der Waals surface area contributed by atoms with Crippen molar-refractivity contribution in [1.29, 1.82) is 0 Å². The van der Waals surface area contributed by atoms with E-state index in [1.807, 2.05) is 31.2 Å². The molecule has 128 valence electrons. The van der Waals surface area contributed by atoms with Crippen molar-refractivity contribution in [2.45, 2.75) is 46.6 Å². The molecule has 2 aromatic rings. The monoisotopic (exact) mass is 325 g/mol. The Morgan fingerprint density at radius 1 is 1.04 bits per heavy atom. The number of hydrogen-bond donors (Lipinski definition) is 1. The Kier molecular flexibility index (Phi) is 6.02. The number of hydrogen-bond acceptors (Lipinski definition) is 2. The van der Waals surface area contributed by atoms with E-state index in [2.05, 4.69) is 51.2 Å². The molecule has 0 aliphatic heterocycles. The Hall–Kier alpha value is -2.29. The van der Waals surface area contributed by atoms with Gasteiger partial charge >= 0.3 is 0 Å². The van der Waals surface area contributed by atoms with E-state index in [1.165, 1.54) is 11.1 Å². The molecule has 0 saturated carbocycles. The summed E-state index contributed by atoms with van der Waals surface area (Å²) in [5, 5.41) is 3.01. The average molecular weight is 325 g/mol. The van der Waals surface area contributed by atoms with Crippen LogP contribution in [-0.4, -0.2) is 12.5 Å². The van der Waals surface area contributed by atoms with Gasteiger partial charge in [-0.05, 0) is 49.4 Å². The number of para-hydroxylation sites is 1. The van der Waals surface area contributed by atoms with Gasteiger partial charge in [-0.1, -0.05) is 55.8 Å². The average Bonchev–Trinajstić information content (AvgIpc) is 2.52. The van der Waals surface area contributed by atoms with Crippen molar-refractivity contribution in [2.24, 2.45) is 0 Å². The van der Waals surface area contributed by atoms with E-state index < -0.39 is 0 Å². The second-order valence-electron chi connectivity index (χ2n) is 6.63. The first-order valence-corrected chi connectivity index (χ1v) is 8.46. The van der Waals surface area contributed by atoms with E-state index in [1.54, 1.807) is 0 Å². The largest absolute Gasteiger partial charge is 0.483 e. The molecule has 0 saturated heterocycles. The quantitative estimate of drug-likeness (QED) is 0.837. The van der Waals surface area contributed by atoms with Crippen LogP contribution in [0.2, 0.25) is 0 Å². The molecule has 0 fully saturated rings. The number of amides is 1. The van der Waals surface area contributed by atoms with Crippen molar-refractivity contribution in [3.63, 3.8) is 0 Å². The summed E-state index contributed by atoms with van der Waals surface area (Å²) < 4.78 is 5.73. The molecule has 0 aromatic heterocycles. The van der Waals surface area contributed by atoms with Crippen LogP contribution in [0.15, 0.2) is 42.5 Å². The summed E-state index contributed by atoms with van der Waals surface area (Å²) in [4.78, 5) is 12.2. The number of carbonyl (C=O) groups excluding carboxylic acids is 1. The summed E-state index contributed by atoms with van der Waals surface area (Å²) in [6.45, 7) is 10.4. The second kappa shape index (κ2) is 8.00. The lowest BCUT2D eigenvalue weighted by molar-refractivity contribution is -0.123. The summed E-state index contributed by atoms with van der Waals surface area (Å²) >= 11 is 0. The lowest BCUT2D eigenvalue weighted by atomic mass is 10.0. The molecule has 2 rings (SSSR count). The summed E-state index contributed by atoms with van der Waals surface area (Å²) in [7, 11) is 0. The molecule has 0 bridgehead atoms. The molecule has 0 radical (unpaired) electrons. The fraction of sp³-hybridized carbons (Fsp3) is 0.381. The van der Waals surface area contributed by atoms with Gasteiger partial charge in [0.2, 0.25) is 0 Å². The van der Waals surface area contributed by atoms with E-state index in [0.717, 1.165) is 16.9 Å². The molecule has 0 aliphatic rings. The van der Waals surface area contributed by atoms with E-state index in [4.69, 9.17) is 4.74 Å². The van der Waals surface area contributed by atoms with Gasteiger partial charge < -0.3 is 10.1 Å². The van der Waals surface area contributed by atoms with Crippen molar-refractivity contribution in [2.75, 3.05) is 6.61 Å². The molecule has 1 amide bonds. The van der Waals surface area contributed by atoms with Gasteiger partial charge in [-0.15, -0.1) is 0 Å². The Morgan fingerprint density at radius 3 is 2.42 bits per heavy atom. The number of ether oxygens (including phenoxy) is 1. The molecule has 3 heteroatoms. The fourth-order valence-electron chi connectivity index (χ4n) is 2.90. The number of rotatable bonds is 6. The van der Waals surface area contributed by atoms with Crippen LogP contribution in [0.25, 0.3) is 0 Å². The number of nitrogens with one attached hydrogen (secondary N) is 1. The predicted molar refractivity (Wildman–Crippen MR) is 98.5 cm³/mol. The zero-order valence-corrected chi connectivity index (χ0v) is 15.2. The van der Waals surface area contributed by atoms with Gasteiger partial charge in [0, 0.05) is 0 Å². The maximum atomic E-state index is 12.2. The highest BCUT2D eigenvalue weighted by Gasteiger charge is 2.13. The highest BCUT2D eigenvalue weighted by molar-refractivity contribution is 5.78. The minimum atomic E-state index is -0.110. The second-order valence-corrected chi connectivity index (χ2v) is 6.63. The molecule has 0 aliphatic carbocycles. The lowest BCUT2D eigenvalue weighted by Crippen LogP contribution is -2.31. The van der Waals surface area contributed by atoms with Crippen LogP contribution >= 0.6 is 0 Å². The zero-order chi connectivity index (χ0) is 17.7. The van der Waals surface area contributed by atoms with Gasteiger partial charge in [0.05, 0.1) is 6.04 Å². The van der Waals surface area contributed by atoms with E-state index >= 15 is 0 Å². The van der Waals surface area contributed by atoms with Gasteiger partial charge in [0.15, 0.2) is 6.61 Å². The molecule has 1 atom stereocenters. The van der Waals surface area contributed by atoms with Crippen LogP contribution in [0.5, 0.6) is 5.75 Å². The van der Waals surface area contributed by atoms with Crippen LogP contribution in [0.4, 0.5) is 0 Å². The molecule has 1 N–H and O–H groups in total. The van der Waals surface area contributed by atoms with Crippen LogP contribution in [-0.2, 0) is 4.79 Å². The smallest absolute Gasteiger partial charge is 0.258 e. The van der Waals surface area contributed by atoms with Crippen LogP contribution in [0, 0.1) is 13.8 Å². The van der Waals surface area contributed by atoms with E-state index in [9.17, 15) is 4.79 Å². The van der Waals surface area contributed by atoms with Crippen molar-refractivity contribution in [3.05, 3.63) is 64.7 Å². The molecular formula is C21H27NO2. The number of carbonyl (C=O) groups is 1. The number of benzene rings is 2. The molecule has 2 aromatic carbocycles. The van der Waals surface area contributed by atoms with E-state index in [-0.39, 0.29) is 18.6 Å². The first-order chi connectivity index (χ1) is 11.4. The first-order valence-electron chi connectivity index (χ1n) is 8.46. The summed E-state index contributed by atoms with van der Waals surface area (Å²) in [5.74, 6) is 1.03. The van der Waals surface area contributed by atoms with Gasteiger partial charge in [-0.3, -0.25) is 4.79 Å². The maximum Gasteiger partial charge on any atom is 0.258 e. The van der Waals surface area contributed by atoms with Crippen molar-refractivity contribution in [1.82, 2.24) is 5.32 Å². The third kappa shape index (κ3) is 4.60. The Bertz CT molecular complexity index is 707. The van der Waals surface area contributed by atoms with Crippen molar-refractivity contribution in [3.8, 4) is 5.75 Å².